The molecule has 1 N–H and O–H groups in total. The molecule has 1 saturated carbocycles. The molecule has 5 heteroatoms. The first-order chi connectivity index (χ1) is 13.4. The molecule has 1 saturated heterocycles. The molecule has 0 radical (unpaired) electrons. The number of nitrogens with one attached hydrogen (secondary N) is 1. The molecule has 4 rings (SSSR count). The van der Waals surface area contributed by atoms with Crippen molar-refractivity contribution in [2.75, 3.05) is 11.5 Å². The number of amides is 2. The molecule has 28 heavy (non-hydrogen) atoms. The number of hydrogen-bond acceptors (Lipinski definition) is 3. The van der Waals surface area contributed by atoms with Gasteiger partial charge in [-0.1, -0.05) is 43.7 Å². The maximum atomic E-state index is 12.8. The van der Waals surface area contributed by atoms with Crippen molar-refractivity contribution >= 4 is 17.7 Å². The van der Waals surface area contributed by atoms with Gasteiger partial charge in [0, 0.05) is 17.3 Å². The summed E-state index contributed by atoms with van der Waals surface area (Å²) in [6.07, 6.45) is 1.71. The van der Waals surface area contributed by atoms with Gasteiger partial charge in [0.2, 0.25) is 0 Å². The number of benzene rings is 2. The van der Waals surface area contributed by atoms with Crippen LogP contribution in [-0.2, 0) is 4.74 Å². The smallest absolute Gasteiger partial charge is 0.414 e. The summed E-state index contributed by atoms with van der Waals surface area (Å²) in [4.78, 5) is 26.9. The highest BCUT2D eigenvalue weighted by atomic mass is 16.6. The molecule has 2 aliphatic rings. The van der Waals surface area contributed by atoms with Gasteiger partial charge in [-0.2, -0.15) is 0 Å². The molecule has 0 aromatic heterocycles. The fraction of sp³-hybridized carbons (Fsp3) is 0.391. The molecule has 2 amide bonds. The minimum Gasteiger partial charge on any atom is -0.447 e. The number of cyclic esters (lactones) is 1. The van der Waals surface area contributed by atoms with E-state index in [1.165, 1.54) is 5.56 Å². The summed E-state index contributed by atoms with van der Waals surface area (Å²) in [5, 5.41) is 3.05. The van der Waals surface area contributed by atoms with Crippen molar-refractivity contribution in [2.24, 2.45) is 5.92 Å². The van der Waals surface area contributed by atoms with Crippen molar-refractivity contribution in [3.63, 3.8) is 0 Å². The molecule has 1 heterocycles. The molecule has 5 nitrogen and oxygen atoms in total. The van der Waals surface area contributed by atoms with Crippen LogP contribution in [0.2, 0.25) is 0 Å². The molecule has 2 aromatic rings. The lowest BCUT2D eigenvalue weighted by molar-refractivity contribution is 0.0951. The molecule has 2 aromatic carbocycles. The van der Waals surface area contributed by atoms with Crippen molar-refractivity contribution in [3.8, 4) is 11.1 Å². The van der Waals surface area contributed by atoms with Gasteiger partial charge < -0.3 is 10.1 Å². The van der Waals surface area contributed by atoms with Crippen LogP contribution >= 0.6 is 0 Å². The van der Waals surface area contributed by atoms with E-state index in [0.717, 1.165) is 24.0 Å². The maximum absolute atomic E-state index is 12.8. The van der Waals surface area contributed by atoms with E-state index in [4.69, 9.17) is 4.74 Å². The zero-order valence-corrected chi connectivity index (χ0v) is 16.6. The number of aryl methyl sites for hydroxylation is 1. The van der Waals surface area contributed by atoms with Crippen LogP contribution in [0.3, 0.4) is 0 Å². The fourth-order valence-corrected chi connectivity index (χ4v) is 3.51. The van der Waals surface area contributed by atoms with E-state index in [1.807, 2.05) is 43.3 Å². The monoisotopic (exact) mass is 378 g/mol. The third-order valence-corrected chi connectivity index (χ3v) is 5.43. The van der Waals surface area contributed by atoms with E-state index >= 15 is 0 Å². The molecular formula is C23H26N2O3. The normalized spacial score (nSPS) is 19.1. The summed E-state index contributed by atoms with van der Waals surface area (Å²) < 4.78 is 5.32. The fourth-order valence-electron chi connectivity index (χ4n) is 3.51. The number of ether oxygens (including phenoxy) is 1. The van der Waals surface area contributed by atoms with Crippen molar-refractivity contribution in [1.82, 2.24) is 5.32 Å². The van der Waals surface area contributed by atoms with Gasteiger partial charge in [0.1, 0.15) is 6.61 Å². The van der Waals surface area contributed by atoms with Crippen molar-refractivity contribution in [1.29, 1.82) is 0 Å². The van der Waals surface area contributed by atoms with Crippen molar-refractivity contribution in [2.45, 2.75) is 45.7 Å². The average molecular weight is 378 g/mol. The van der Waals surface area contributed by atoms with Crippen LogP contribution in [-0.4, -0.2) is 30.7 Å². The first kappa shape index (κ1) is 18.5. The number of carbonyl (C=O) groups is 2. The SMILES string of the molecule is Cc1ccc(-c2cc(C(=O)NC3CC3)cc(N3C(=O)OCC3C(C)C)c2)cc1. The topological polar surface area (TPSA) is 58.6 Å². The van der Waals surface area contributed by atoms with Gasteiger partial charge in [-0.25, -0.2) is 4.79 Å². The van der Waals surface area contributed by atoms with E-state index in [9.17, 15) is 9.59 Å². The second-order valence-corrected chi connectivity index (χ2v) is 8.14. The Balaban J connectivity index is 1.78. The number of carbonyl (C=O) groups excluding carboxylic acids is 2. The third kappa shape index (κ3) is 3.75. The molecule has 1 unspecified atom stereocenters. The predicted molar refractivity (Wildman–Crippen MR) is 110 cm³/mol. The predicted octanol–water partition coefficient (Wildman–Crippen LogP) is 4.54. The van der Waals surface area contributed by atoms with Gasteiger partial charge in [0.25, 0.3) is 5.91 Å². The minimum absolute atomic E-state index is 0.0416. The highest BCUT2D eigenvalue weighted by Crippen LogP contribution is 2.33. The summed E-state index contributed by atoms with van der Waals surface area (Å²) in [5.41, 5.74) is 4.39. The van der Waals surface area contributed by atoms with E-state index in [-0.39, 0.29) is 30.0 Å². The van der Waals surface area contributed by atoms with Crippen LogP contribution in [0.15, 0.2) is 42.5 Å². The molecular weight excluding hydrogens is 352 g/mol. The Bertz CT molecular complexity index is 901. The summed E-state index contributed by atoms with van der Waals surface area (Å²) in [5.74, 6) is 0.157. The third-order valence-electron chi connectivity index (χ3n) is 5.43. The zero-order valence-electron chi connectivity index (χ0n) is 16.6. The van der Waals surface area contributed by atoms with Crippen LogP contribution in [0.1, 0.15) is 42.6 Å². The number of rotatable bonds is 5. The largest absolute Gasteiger partial charge is 0.447 e. The standard InChI is InChI=1S/C23H26N2O3/c1-14(2)21-13-28-23(27)25(21)20-11-17(16-6-4-15(3)5-7-16)10-18(12-20)22(26)24-19-8-9-19/h4-7,10-12,14,19,21H,8-9,13H2,1-3H3,(H,24,26). The summed E-state index contributed by atoms with van der Waals surface area (Å²) >= 11 is 0. The van der Waals surface area contributed by atoms with Gasteiger partial charge >= 0.3 is 6.09 Å². The lowest BCUT2D eigenvalue weighted by atomic mass is 9.98. The van der Waals surface area contributed by atoms with Crippen LogP contribution in [0, 0.1) is 12.8 Å². The van der Waals surface area contributed by atoms with Crippen LogP contribution < -0.4 is 10.2 Å². The Hall–Kier alpha value is -2.82. The van der Waals surface area contributed by atoms with Crippen molar-refractivity contribution < 1.29 is 14.3 Å². The average Bonchev–Trinajstić information content (AvgIpc) is 3.40. The highest BCUT2D eigenvalue weighted by molar-refractivity contribution is 5.99. The minimum atomic E-state index is -0.353. The zero-order chi connectivity index (χ0) is 19.8. The van der Waals surface area contributed by atoms with Crippen LogP contribution in [0.4, 0.5) is 10.5 Å². The Morgan fingerprint density at radius 1 is 1.11 bits per heavy atom. The Morgan fingerprint density at radius 3 is 2.46 bits per heavy atom. The van der Waals surface area contributed by atoms with Gasteiger partial charge in [0.15, 0.2) is 0 Å². The lowest BCUT2D eigenvalue weighted by Gasteiger charge is -2.25. The lowest BCUT2D eigenvalue weighted by Crippen LogP contribution is -2.37. The molecule has 146 valence electrons. The first-order valence-electron chi connectivity index (χ1n) is 9.91. The van der Waals surface area contributed by atoms with Gasteiger partial charge in [0.05, 0.1) is 6.04 Å². The van der Waals surface area contributed by atoms with E-state index in [1.54, 1.807) is 11.0 Å². The molecule has 2 fully saturated rings. The Kier molecular flexibility index (Phi) is 4.84. The second-order valence-electron chi connectivity index (χ2n) is 8.14. The van der Waals surface area contributed by atoms with Gasteiger partial charge in [-0.3, -0.25) is 9.69 Å². The Morgan fingerprint density at radius 2 is 1.82 bits per heavy atom. The molecule has 0 bridgehead atoms. The molecule has 1 aliphatic carbocycles. The summed E-state index contributed by atoms with van der Waals surface area (Å²) in [6.45, 7) is 6.56. The van der Waals surface area contributed by atoms with Crippen molar-refractivity contribution in [3.05, 3.63) is 53.6 Å². The van der Waals surface area contributed by atoms with E-state index < -0.39 is 0 Å². The summed E-state index contributed by atoms with van der Waals surface area (Å²) in [7, 11) is 0. The number of nitrogens with zero attached hydrogens (tertiary/aromatic N) is 1. The maximum Gasteiger partial charge on any atom is 0.414 e. The first-order valence-corrected chi connectivity index (χ1v) is 9.91. The molecule has 0 spiro atoms. The number of anilines is 1. The quantitative estimate of drug-likeness (QED) is 0.831. The molecule has 1 atom stereocenters. The van der Waals surface area contributed by atoms with Crippen LogP contribution in [0.25, 0.3) is 11.1 Å². The molecule has 1 aliphatic heterocycles. The summed E-state index contributed by atoms with van der Waals surface area (Å²) in [6, 6.07) is 14.1. The van der Waals surface area contributed by atoms with Crippen LogP contribution in [0.5, 0.6) is 0 Å². The van der Waals surface area contributed by atoms with Gasteiger partial charge in [-0.15, -0.1) is 0 Å². The van der Waals surface area contributed by atoms with Gasteiger partial charge in [-0.05, 0) is 55.0 Å². The second kappa shape index (κ2) is 7.30. The highest BCUT2D eigenvalue weighted by Gasteiger charge is 2.36. The number of hydrogen-bond donors (Lipinski definition) is 1. The van der Waals surface area contributed by atoms with E-state index in [2.05, 4.69) is 19.2 Å². The Labute approximate surface area is 165 Å². The van der Waals surface area contributed by atoms with E-state index in [0.29, 0.717) is 17.9 Å².